The van der Waals surface area contributed by atoms with Gasteiger partial charge in [0.05, 0.1) is 0 Å². The van der Waals surface area contributed by atoms with Crippen molar-refractivity contribution in [3.05, 3.63) is 24.3 Å². The fraction of sp³-hybridized carbons (Fsp3) is 0.462. The third kappa shape index (κ3) is 4.71. The molecule has 88 valence electrons. The number of hydrogen-bond donors (Lipinski definition) is 1. The maximum Gasteiger partial charge on any atom is 0.224 e. The van der Waals surface area contributed by atoms with Gasteiger partial charge in [-0.15, -0.1) is 11.8 Å². The van der Waals surface area contributed by atoms with Gasteiger partial charge < -0.3 is 5.32 Å². The van der Waals surface area contributed by atoms with Gasteiger partial charge in [-0.25, -0.2) is 0 Å². The van der Waals surface area contributed by atoms with Crippen LogP contribution in [0, 0.1) is 5.41 Å². The van der Waals surface area contributed by atoms with Crippen LogP contribution in [-0.2, 0) is 4.79 Å². The number of thioether (sulfide) groups is 1. The average molecular weight is 237 g/mol. The molecule has 16 heavy (non-hydrogen) atoms. The highest BCUT2D eigenvalue weighted by Crippen LogP contribution is 2.21. The van der Waals surface area contributed by atoms with Crippen LogP contribution >= 0.6 is 11.8 Å². The third-order valence-corrected chi connectivity index (χ3v) is 2.81. The Morgan fingerprint density at radius 3 is 2.25 bits per heavy atom. The van der Waals surface area contributed by atoms with E-state index in [2.05, 4.69) is 26.1 Å². The van der Waals surface area contributed by atoms with E-state index in [1.807, 2.05) is 30.5 Å². The van der Waals surface area contributed by atoms with E-state index in [9.17, 15) is 4.79 Å². The summed E-state index contributed by atoms with van der Waals surface area (Å²) in [5.41, 5.74) is 0.899. The molecular formula is C13H19NOS. The first-order valence-electron chi connectivity index (χ1n) is 5.34. The molecule has 0 heterocycles. The molecule has 0 aliphatic heterocycles. The molecule has 0 bridgehead atoms. The lowest BCUT2D eigenvalue weighted by atomic mass is 9.92. The summed E-state index contributed by atoms with van der Waals surface area (Å²) in [5.74, 6) is 0.0735. The summed E-state index contributed by atoms with van der Waals surface area (Å²) >= 11 is 1.69. The van der Waals surface area contributed by atoms with E-state index in [0.29, 0.717) is 6.42 Å². The van der Waals surface area contributed by atoms with Crippen molar-refractivity contribution in [1.29, 1.82) is 0 Å². The molecule has 0 radical (unpaired) electrons. The molecule has 0 atom stereocenters. The van der Waals surface area contributed by atoms with Gasteiger partial charge in [-0.1, -0.05) is 20.8 Å². The monoisotopic (exact) mass is 237 g/mol. The zero-order valence-electron chi connectivity index (χ0n) is 10.3. The Balaban J connectivity index is 2.56. The summed E-state index contributed by atoms with van der Waals surface area (Å²) in [4.78, 5) is 12.9. The minimum Gasteiger partial charge on any atom is -0.326 e. The van der Waals surface area contributed by atoms with Crippen LogP contribution in [0.5, 0.6) is 0 Å². The molecule has 1 aromatic rings. The summed E-state index contributed by atoms with van der Waals surface area (Å²) in [6.07, 6.45) is 2.57. The number of nitrogens with one attached hydrogen (secondary N) is 1. The Morgan fingerprint density at radius 2 is 1.81 bits per heavy atom. The summed E-state index contributed by atoms with van der Waals surface area (Å²) in [6, 6.07) is 7.90. The summed E-state index contributed by atoms with van der Waals surface area (Å²) in [7, 11) is 0. The van der Waals surface area contributed by atoms with Crippen LogP contribution in [0.4, 0.5) is 5.69 Å². The largest absolute Gasteiger partial charge is 0.326 e. The van der Waals surface area contributed by atoms with Crippen LogP contribution in [0.3, 0.4) is 0 Å². The van der Waals surface area contributed by atoms with Crippen molar-refractivity contribution in [3.8, 4) is 0 Å². The van der Waals surface area contributed by atoms with Gasteiger partial charge in [0, 0.05) is 17.0 Å². The molecule has 0 saturated heterocycles. The predicted molar refractivity (Wildman–Crippen MR) is 70.9 cm³/mol. The second-order valence-electron chi connectivity index (χ2n) is 5.01. The van der Waals surface area contributed by atoms with Crippen LogP contribution in [0.15, 0.2) is 29.2 Å². The molecule has 1 rings (SSSR count). The second kappa shape index (κ2) is 5.39. The Labute approximate surface area is 102 Å². The van der Waals surface area contributed by atoms with Crippen molar-refractivity contribution in [1.82, 2.24) is 0 Å². The minimum atomic E-state index is 0.0310. The van der Waals surface area contributed by atoms with Crippen molar-refractivity contribution in [2.75, 3.05) is 11.6 Å². The van der Waals surface area contributed by atoms with E-state index < -0.39 is 0 Å². The van der Waals surface area contributed by atoms with E-state index in [0.717, 1.165) is 5.69 Å². The van der Waals surface area contributed by atoms with Gasteiger partial charge in [-0.05, 0) is 35.9 Å². The van der Waals surface area contributed by atoms with Gasteiger partial charge in [0.15, 0.2) is 0 Å². The third-order valence-electron chi connectivity index (χ3n) is 2.06. The molecule has 0 aliphatic carbocycles. The first-order valence-corrected chi connectivity index (χ1v) is 6.57. The van der Waals surface area contributed by atoms with E-state index in [-0.39, 0.29) is 11.3 Å². The van der Waals surface area contributed by atoms with E-state index in [1.54, 1.807) is 11.8 Å². The predicted octanol–water partition coefficient (Wildman–Crippen LogP) is 3.78. The van der Waals surface area contributed by atoms with E-state index in [1.165, 1.54) is 4.90 Å². The molecule has 0 spiro atoms. The molecule has 0 saturated carbocycles. The van der Waals surface area contributed by atoms with Crippen LogP contribution < -0.4 is 5.32 Å². The van der Waals surface area contributed by atoms with Crippen molar-refractivity contribution in [2.45, 2.75) is 32.1 Å². The highest BCUT2D eigenvalue weighted by molar-refractivity contribution is 7.98. The molecule has 0 aromatic heterocycles. The van der Waals surface area contributed by atoms with Crippen LogP contribution in [-0.4, -0.2) is 12.2 Å². The second-order valence-corrected chi connectivity index (χ2v) is 5.89. The molecule has 0 unspecified atom stereocenters. The number of amides is 1. The Bertz CT molecular complexity index is 351. The van der Waals surface area contributed by atoms with Crippen molar-refractivity contribution < 1.29 is 4.79 Å². The van der Waals surface area contributed by atoms with Crippen molar-refractivity contribution >= 4 is 23.4 Å². The van der Waals surface area contributed by atoms with Gasteiger partial charge in [-0.2, -0.15) is 0 Å². The number of carbonyl (C=O) groups excluding carboxylic acids is 1. The molecular weight excluding hydrogens is 218 g/mol. The zero-order chi connectivity index (χ0) is 12.2. The molecule has 1 amide bonds. The molecule has 0 aliphatic rings. The SMILES string of the molecule is CSc1ccc(NC(=O)CC(C)(C)C)cc1. The van der Waals surface area contributed by atoms with Gasteiger partial charge in [0.25, 0.3) is 0 Å². The average Bonchev–Trinajstić information content (AvgIpc) is 2.16. The maximum atomic E-state index is 11.7. The Kier molecular flexibility index (Phi) is 4.42. The fourth-order valence-electron chi connectivity index (χ4n) is 1.36. The summed E-state index contributed by atoms with van der Waals surface area (Å²) in [6.45, 7) is 6.18. The van der Waals surface area contributed by atoms with Gasteiger partial charge in [-0.3, -0.25) is 4.79 Å². The van der Waals surface area contributed by atoms with Gasteiger partial charge in [0.1, 0.15) is 0 Å². The van der Waals surface area contributed by atoms with Crippen LogP contribution in [0.2, 0.25) is 0 Å². The topological polar surface area (TPSA) is 29.1 Å². The van der Waals surface area contributed by atoms with Gasteiger partial charge >= 0.3 is 0 Å². The number of hydrogen-bond acceptors (Lipinski definition) is 2. The summed E-state index contributed by atoms with van der Waals surface area (Å²) in [5, 5.41) is 2.90. The first-order chi connectivity index (χ1) is 7.40. The normalized spacial score (nSPS) is 11.2. The molecule has 1 N–H and O–H groups in total. The lowest BCUT2D eigenvalue weighted by Gasteiger charge is -2.17. The standard InChI is InChI=1S/C13H19NOS/c1-13(2,3)9-12(15)14-10-5-7-11(16-4)8-6-10/h5-8H,9H2,1-4H3,(H,14,15). The van der Waals surface area contributed by atoms with Crippen molar-refractivity contribution in [3.63, 3.8) is 0 Å². The molecule has 3 heteroatoms. The van der Waals surface area contributed by atoms with Crippen LogP contribution in [0.25, 0.3) is 0 Å². The van der Waals surface area contributed by atoms with E-state index in [4.69, 9.17) is 0 Å². The highest BCUT2D eigenvalue weighted by atomic mass is 32.2. The number of rotatable bonds is 3. The number of carbonyl (C=O) groups is 1. The fourth-order valence-corrected chi connectivity index (χ4v) is 1.77. The lowest BCUT2D eigenvalue weighted by Crippen LogP contribution is -2.19. The Hall–Kier alpha value is -0.960. The molecule has 0 fully saturated rings. The lowest BCUT2D eigenvalue weighted by molar-refractivity contribution is -0.117. The minimum absolute atomic E-state index is 0.0310. The number of benzene rings is 1. The summed E-state index contributed by atoms with van der Waals surface area (Å²) < 4.78 is 0. The quantitative estimate of drug-likeness (QED) is 0.810. The highest BCUT2D eigenvalue weighted by Gasteiger charge is 2.15. The Morgan fingerprint density at radius 1 is 1.25 bits per heavy atom. The maximum absolute atomic E-state index is 11.7. The smallest absolute Gasteiger partial charge is 0.224 e. The molecule has 1 aromatic carbocycles. The van der Waals surface area contributed by atoms with Gasteiger partial charge in [0.2, 0.25) is 5.91 Å². The molecule has 2 nitrogen and oxygen atoms in total. The zero-order valence-corrected chi connectivity index (χ0v) is 11.1. The van der Waals surface area contributed by atoms with Crippen LogP contribution in [0.1, 0.15) is 27.2 Å². The number of anilines is 1. The first kappa shape index (κ1) is 13.1. The van der Waals surface area contributed by atoms with E-state index >= 15 is 0 Å². The van der Waals surface area contributed by atoms with Crippen molar-refractivity contribution in [2.24, 2.45) is 5.41 Å².